The Balaban J connectivity index is 2.63. The summed E-state index contributed by atoms with van der Waals surface area (Å²) < 4.78 is 39.0. The minimum Gasteiger partial charge on any atom is -0.298 e. The van der Waals surface area contributed by atoms with Crippen LogP contribution in [0.2, 0.25) is 5.15 Å². The molecular weight excluding hydrogens is 281 g/mol. The van der Waals surface area contributed by atoms with E-state index in [-0.39, 0.29) is 11.4 Å². The van der Waals surface area contributed by atoms with Crippen molar-refractivity contribution in [1.29, 1.82) is 0 Å². The summed E-state index contributed by atoms with van der Waals surface area (Å²) >= 11 is 5.78. The molecule has 2 rings (SSSR count). The van der Waals surface area contributed by atoms with Gasteiger partial charge in [0.2, 0.25) is 0 Å². The summed E-state index contributed by atoms with van der Waals surface area (Å²) in [5.74, 6) is 0. The highest BCUT2D eigenvalue weighted by atomic mass is 35.5. The fraction of sp³-hybridized carbons (Fsp3) is 0.167. The smallest absolute Gasteiger partial charge is 0.298 e. The number of alkyl halides is 3. The molecule has 2 aromatic rings. The highest BCUT2D eigenvalue weighted by molar-refractivity contribution is 6.32. The maximum absolute atomic E-state index is 12.7. The van der Waals surface area contributed by atoms with Gasteiger partial charge in [-0.05, 0) is 19.1 Å². The lowest BCUT2D eigenvalue weighted by Crippen LogP contribution is -2.09. The monoisotopic (exact) mass is 288 g/mol. The fourth-order valence-electron chi connectivity index (χ4n) is 1.58. The highest BCUT2D eigenvalue weighted by Gasteiger charge is 2.39. The maximum atomic E-state index is 12.7. The van der Waals surface area contributed by atoms with E-state index in [0.717, 1.165) is 10.2 Å². The molecule has 7 heteroatoms. The number of aryl methyl sites for hydroxylation is 1. The molecule has 0 unspecified atom stereocenters. The molecule has 0 amide bonds. The van der Waals surface area contributed by atoms with Crippen LogP contribution in [0.15, 0.2) is 24.3 Å². The van der Waals surface area contributed by atoms with Gasteiger partial charge in [-0.2, -0.15) is 18.3 Å². The maximum Gasteiger partial charge on any atom is 0.435 e. The molecule has 0 saturated heterocycles. The summed E-state index contributed by atoms with van der Waals surface area (Å²) in [5, 5.41) is 3.02. The minimum atomic E-state index is -4.73. The van der Waals surface area contributed by atoms with Crippen LogP contribution < -0.4 is 0 Å². The molecule has 0 aliphatic carbocycles. The zero-order valence-electron chi connectivity index (χ0n) is 9.70. The van der Waals surface area contributed by atoms with Gasteiger partial charge >= 0.3 is 6.18 Å². The van der Waals surface area contributed by atoms with Crippen molar-refractivity contribution in [1.82, 2.24) is 9.78 Å². The van der Waals surface area contributed by atoms with Gasteiger partial charge in [-0.25, -0.2) is 4.68 Å². The van der Waals surface area contributed by atoms with Crippen molar-refractivity contribution in [2.24, 2.45) is 0 Å². The van der Waals surface area contributed by atoms with Crippen LogP contribution in [0.25, 0.3) is 5.69 Å². The summed E-state index contributed by atoms with van der Waals surface area (Å²) in [4.78, 5) is 10.8. The Hall–Kier alpha value is -1.82. The van der Waals surface area contributed by atoms with Crippen LogP contribution >= 0.6 is 11.6 Å². The Morgan fingerprint density at radius 1 is 1.26 bits per heavy atom. The van der Waals surface area contributed by atoms with E-state index in [2.05, 4.69) is 5.10 Å². The number of aromatic nitrogens is 2. The van der Waals surface area contributed by atoms with E-state index in [9.17, 15) is 18.0 Å². The van der Waals surface area contributed by atoms with Crippen LogP contribution in [0.5, 0.6) is 0 Å². The predicted molar refractivity (Wildman–Crippen MR) is 63.7 cm³/mol. The first-order chi connectivity index (χ1) is 8.84. The summed E-state index contributed by atoms with van der Waals surface area (Å²) in [6, 6.07) is 6.56. The number of nitrogens with zero attached hydrogens (tertiary/aromatic N) is 2. The Morgan fingerprint density at radius 3 is 2.26 bits per heavy atom. The first-order valence-electron chi connectivity index (χ1n) is 5.22. The van der Waals surface area contributed by atoms with Gasteiger partial charge < -0.3 is 0 Å². The molecule has 0 atom stereocenters. The number of carbonyl (C=O) groups is 1. The predicted octanol–water partition coefficient (Wildman–Crippen LogP) is 3.67. The van der Waals surface area contributed by atoms with Gasteiger partial charge in [0.05, 0.1) is 11.3 Å². The highest BCUT2D eigenvalue weighted by Crippen LogP contribution is 2.34. The topological polar surface area (TPSA) is 34.9 Å². The van der Waals surface area contributed by atoms with E-state index in [4.69, 9.17) is 11.6 Å². The van der Waals surface area contributed by atoms with E-state index in [1.165, 1.54) is 0 Å². The summed E-state index contributed by atoms with van der Waals surface area (Å²) in [6.45, 7) is 1.84. The lowest BCUT2D eigenvalue weighted by Gasteiger charge is -2.03. The van der Waals surface area contributed by atoms with Crippen LogP contribution in [-0.4, -0.2) is 16.1 Å². The number of hydrogen-bond donors (Lipinski definition) is 0. The molecule has 0 spiro atoms. The third-order valence-corrected chi connectivity index (χ3v) is 2.89. The van der Waals surface area contributed by atoms with Crippen molar-refractivity contribution >= 4 is 17.9 Å². The number of halogens is 4. The summed E-state index contributed by atoms with van der Waals surface area (Å²) in [5.41, 5.74) is -0.643. The zero-order chi connectivity index (χ0) is 14.2. The van der Waals surface area contributed by atoms with E-state index in [1.807, 2.05) is 6.92 Å². The van der Waals surface area contributed by atoms with Crippen LogP contribution in [0.1, 0.15) is 21.6 Å². The van der Waals surface area contributed by atoms with Gasteiger partial charge in [-0.3, -0.25) is 4.79 Å². The van der Waals surface area contributed by atoms with Gasteiger partial charge in [0.25, 0.3) is 0 Å². The van der Waals surface area contributed by atoms with Crippen LogP contribution in [-0.2, 0) is 6.18 Å². The van der Waals surface area contributed by atoms with Crippen molar-refractivity contribution in [2.45, 2.75) is 13.1 Å². The second kappa shape index (κ2) is 4.70. The summed E-state index contributed by atoms with van der Waals surface area (Å²) in [6.07, 6.45) is -4.67. The normalized spacial score (nSPS) is 11.6. The van der Waals surface area contributed by atoms with E-state index >= 15 is 0 Å². The molecule has 19 heavy (non-hydrogen) atoms. The van der Waals surface area contributed by atoms with Crippen LogP contribution in [0.3, 0.4) is 0 Å². The molecule has 1 aromatic heterocycles. The number of aldehydes is 1. The molecule has 0 fully saturated rings. The Labute approximate surface area is 111 Å². The number of rotatable bonds is 2. The number of hydrogen-bond acceptors (Lipinski definition) is 2. The lowest BCUT2D eigenvalue weighted by atomic mass is 10.2. The van der Waals surface area contributed by atoms with Gasteiger partial charge in [0.1, 0.15) is 5.15 Å². The Kier molecular flexibility index (Phi) is 3.36. The number of benzene rings is 1. The third-order valence-electron chi connectivity index (χ3n) is 2.53. The van der Waals surface area contributed by atoms with Gasteiger partial charge in [0.15, 0.2) is 12.0 Å². The van der Waals surface area contributed by atoms with Gasteiger partial charge in [0, 0.05) is 0 Å². The standard InChI is InChI=1S/C12H8ClF3N2O/c1-7-2-4-8(5-3-7)18-11(13)9(6-19)10(17-18)12(14,15)16/h2-6H,1H3. The molecular formula is C12H8ClF3N2O. The number of carbonyl (C=O) groups excluding carboxylic acids is 1. The largest absolute Gasteiger partial charge is 0.435 e. The molecule has 100 valence electrons. The molecule has 1 aromatic carbocycles. The quantitative estimate of drug-likeness (QED) is 0.790. The lowest BCUT2D eigenvalue weighted by molar-refractivity contribution is -0.141. The van der Waals surface area contributed by atoms with Crippen molar-refractivity contribution in [3.05, 3.63) is 46.2 Å². The molecule has 0 radical (unpaired) electrons. The van der Waals surface area contributed by atoms with Crippen LogP contribution in [0, 0.1) is 6.92 Å². The van der Waals surface area contributed by atoms with E-state index < -0.39 is 17.4 Å². The minimum absolute atomic E-state index is 0.0584. The first kappa shape index (κ1) is 13.6. The third kappa shape index (κ3) is 2.49. The van der Waals surface area contributed by atoms with E-state index in [0.29, 0.717) is 5.69 Å². The molecule has 3 nitrogen and oxygen atoms in total. The van der Waals surface area contributed by atoms with Crippen molar-refractivity contribution in [3.8, 4) is 5.69 Å². The Bertz CT molecular complexity index is 617. The Morgan fingerprint density at radius 2 is 1.84 bits per heavy atom. The SMILES string of the molecule is Cc1ccc(-n2nc(C(F)(F)F)c(C=O)c2Cl)cc1. The average molecular weight is 289 g/mol. The molecule has 0 aliphatic rings. The molecule has 1 heterocycles. The fourth-order valence-corrected chi connectivity index (χ4v) is 1.85. The zero-order valence-corrected chi connectivity index (χ0v) is 10.5. The first-order valence-corrected chi connectivity index (χ1v) is 5.60. The molecule has 0 bridgehead atoms. The van der Waals surface area contributed by atoms with Gasteiger partial charge in [-0.1, -0.05) is 29.3 Å². The summed E-state index contributed by atoms with van der Waals surface area (Å²) in [7, 11) is 0. The van der Waals surface area contributed by atoms with Crippen molar-refractivity contribution < 1.29 is 18.0 Å². The van der Waals surface area contributed by atoms with Gasteiger partial charge in [-0.15, -0.1) is 0 Å². The second-order valence-electron chi connectivity index (χ2n) is 3.92. The van der Waals surface area contributed by atoms with Crippen molar-refractivity contribution in [2.75, 3.05) is 0 Å². The molecule has 0 N–H and O–H groups in total. The van der Waals surface area contributed by atoms with Crippen LogP contribution in [0.4, 0.5) is 13.2 Å². The van der Waals surface area contributed by atoms with E-state index in [1.54, 1.807) is 24.3 Å². The second-order valence-corrected chi connectivity index (χ2v) is 4.27. The molecule has 0 aliphatic heterocycles. The molecule has 0 saturated carbocycles. The van der Waals surface area contributed by atoms with Crippen molar-refractivity contribution in [3.63, 3.8) is 0 Å². The average Bonchev–Trinajstić information content (AvgIpc) is 2.67.